The van der Waals surface area contributed by atoms with Crippen molar-refractivity contribution < 1.29 is 24.4 Å². The van der Waals surface area contributed by atoms with Gasteiger partial charge >= 0.3 is 0 Å². The van der Waals surface area contributed by atoms with E-state index >= 15 is 0 Å². The number of anilines is 1. The molecule has 0 aliphatic carbocycles. The number of hydrogen-bond donors (Lipinski definition) is 1. The van der Waals surface area contributed by atoms with Gasteiger partial charge in [0.1, 0.15) is 5.60 Å². The van der Waals surface area contributed by atoms with E-state index in [0.717, 1.165) is 4.90 Å². The third-order valence-electron chi connectivity index (χ3n) is 4.72. The van der Waals surface area contributed by atoms with Crippen LogP contribution < -0.4 is 4.90 Å². The summed E-state index contributed by atoms with van der Waals surface area (Å²) in [7, 11) is 0. The van der Waals surface area contributed by atoms with Gasteiger partial charge in [-0.2, -0.15) is 0 Å². The molecular weight excluding hydrogens is 304 g/mol. The van der Waals surface area contributed by atoms with Crippen molar-refractivity contribution in [1.29, 1.82) is 0 Å². The van der Waals surface area contributed by atoms with Gasteiger partial charge in [-0.15, -0.1) is 0 Å². The smallest absolute Gasteiger partial charge is 0.269 e. The Balaban J connectivity index is 1.72. The highest BCUT2D eigenvalue weighted by atomic mass is 16.6. The van der Waals surface area contributed by atoms with E-state index in [0.29, 0.717) is 0 Å². The van der Waals surface area contributed by atoms with Crippen LogP contribution in [0.4, 0.5) is 11.4 Å². The Morgan fingerprint density at radius 2 is 1.96 bits per heavy atom. The molecule has 2 fully saturated rings. The molecule has 0 radical (unpaired) electrons. The minimum atomic E-state index is -1.14. The second-order valence-electron chi connectivity index (χ2n) is 5.84. The van der Waals surface area contributed by atoms with Gasteiger partial charge < -0.3 is 9.84 Å². The Bertz CT molecular complexity index is 758. The number of carbonyl (C=O) groups is 2. The standard InChI is InChI=1S/C15H12N2O6/c18-7-15-6-5-10(23-15)11-12(15)14(20)16(13(11)19)8-1-3-9(4-2-8)17(21)22/h1-6,10-12,18H,7H2/t10-,11+,12-,15-/m0/s1. The molecule has 4 atom stereocenters. The van der Waals surface area contributed by atoms with Gasteiger partial charge in [-0.25, -0.2) is 4.90 Å². The van der Waals surface area contributed by atoms with E-state index in [4.69, 9.17) is 4.74 Å². The number of nitrogens with zero attached hydrogens (tertiary/aromatic N) is 2. The van der Waals surface area contributed by atoms with Crippen LogP contribution in [-0.2, 0) is 14.3 Å². The first-order valence-electron chi connectivity index (χ1n) is 7.09. The topological polar surface area (TPSA) is 110 Å². The number of fused-ring (bicyclic) bond motifs is 5. The quantitative estimate of drug-likeness (QED) is 0.374. The summed E-state index contributed by atoms with van der Waals surface area (Å²) in [5, 5.41) is 20.3. The van der Waals surface area contributed by atoms with Gasteiger partial charge in [0.15, 0.2) is 0 Å². The van der Waals surface area contributed by atoms with E-state index in [1.807, 2.05) is 0 Å². The van der Waals surface area contributed by atoms with Crippen LogP contribution in [-0.4, -0.2) is 40.2 Å². The number of nitro groups is 1. The zero-order valence-corrected chi connectivity index (χ0v) is 11.8. The Morgan fingerprint density at radius 3 is 2.57 bits per heavy atom. The van der Waals surface area contributed by atoms with Crippen LogP contribution in [0, 0.1) is 22.0 Å². The second kappa shape index (κ2) is 4.46. The number of nitro benzene ring substituents is 1. The van der Waals surface area contributed by atoms with E-state index in [9.17, 15) is 24.8 Å². The molecule has 23 heavy (non-hydrogen) atoms. The van der Waals surface area contributed by atoms with Crippen molar-refractivity contribution in [2.45, 2.75) is 11.7 Å². The first-order valence-corrected chi connectivity index (χ1v) is 7.09. The number of hydrogen-bond acceptors (Lipinski definition) is 6. The highest BCUT2D eigenvalue weighted by Gasteiger charge is 2.67. The molecule has 2 bridgehead atoms. The zero-order chi connectivity index (χ0) is 16.4. The van der Waals surface area contributed by atoms with E-state index in [-0.39, 0.29) is 18.0 Å². The number of imide groups is 1. The summed E-state index contributed by atoms with van der Waals surface area (Å²) in [6.07, 6.45) is 2.82. The average molecular weight is 316 g/mol. The Hall–Kier alpha value is -2.58. The first-order chi connectivity index (χ1) is 11.0. The van der Waals surface area contributed by atoms with Crippen LogP contribution in [0.3, 0.4) is 0 Å². The van der Waals surface area contributed by atoms with Crippen LogP contribution in [0.25, 0.3) is 0 Å². The molecule has 3 aliphatic heterocycles. The van der Waals surface area contributed by atoms with Gasteiger partial charge in [-0.1, -0.05) is 12.2 Å². The summed E-state index contributed by atoms with van der Waals surface area (Å²) in [5.74, 6) is -2.27. The lowest BCUT2D eigenvalue weighted by atomic mass is 9.77. The second-order valence-corrected chi connectivity index (χ2v) is 5.84. The van der Waals surface area contributed by atoms with Crippen molar-refractivity contribution in [3.05, 3.63) is 46.5 Å². The van der Waals surface area contributed by atoms with Crippen LogP contribution in [0.15, 0.2) is 36.4 Å². The van der Waals surface area contributed by atoms with Gasteiger partial charge in [0.2, 0.25) is 11.8 Å². The molecule has 8 nitrogen and oxygen atoms in total. The predicted octanol–water partition coefficient (Wildman–Crippen LogP) is 0.400. The number of amides is 2. The Morgan fingerprint density at radius 1 is 1.26 bits per heavy atom. The lowest BCUT2D eigenvalue weighted by molar-refractivity contribution is -0.384. The van der Waals surface area contributed by atoms with Crippen molar-refractivity contribution in [2.75, 3.05) is 11.5 Å². The van der Waals surface area contributed by atoms with E-state index < -0.39 is 40.3 Å². The molecule has 0 spiro atoms. The number of aliphatic hydroxyl groups excluding tert-OH is 1. The molecule has 8 heteroatoms. The fraction of sp³-hybridized carbons (Fsp3) is 0.333. The predicted molar refractivity (Wildman–Crippen MR) is 76.4 cm³/mol. The molecule has 0 saturated carbocycles. The van der Waals surface area contributed by atoms with Gasteiger partial charge in [0, 0.05) is 12.1 Å². The first kappa shape index (κ1) is 14.0. The Labute approximate surface area is 130 Å². The molecule has 1 N–H and O–H groups in total. The molecule has 3 aliphatic rings. The SMILES string of the molecule is O=C1[C@@H]2[C@@H]3C=C[C@@](CO)(O3)[C@@H]2C(=O)N1c1ccc([N+](=O)[O-])cc1. The molecule has 1 aromatic rings. The lowest BCUT2D eigenvalue weighted by Gasteiger charge is -2.26. The van der Waals surface area contributed by atoms with Crippen molar-refractivity contribution in [3.63, 3.8) is 0 Å². The third-order valence-corrected chi connectivity index (χ3v) is 4.72. The normalized spacial score (nSPS) is 34.3. The molecule has 2 saturated heterocycles. The fourth-order valence-electron chi connectivity index (χ4n) is 3.66. The third kappa shape index (κ3) is 1.67. The minimum absolute atomic E-state index is 0.120. The van der Waals surface area contributed by atoms with Crippen molar-refractivity contribution in [2.24, 2.45) is 11.8 Å². The largest absolute Gasteiger partial charge is 0.393 e. The number of non-ortho nitro benzene ring substituents is 1. The highest BCUT2D eigenvalue weighted by Crippen LogP contribution is 2.52. The summed E-state index contributed by atoms with van der Waals surface area (Å²) < 4.78 is 5.63. The number of ether oxygens (including phenoxy) is 1. The van der Waals surface area contributed by atoms with E-state index in [2.05, 4.69) is 0 Å². The summed E-state index contributed by atoms with van der Waals surface area (Å²) in [6.45, 7) is -0.381. The molecule has 118 valence electrons. The molecule has 3 heterocycles. The number of carbonyl (C=O) groups excluding carboxylic acids is 2. The van der Waals surface area contributed by atoms with Gasteiger partial charge in [0.05, 0.1) is 35.2 Å². The van der Waals surface area contributed by atoms with Crippen molar-refractivity contribution >= 4 is 23.2 Å². The maximum absolute atomic E-state index is 12.7. The Kier molecular flexibility index (Phi) is 2.72. The lowest BCUT2D eigenvalue weighted by Crippen LogP contribution is -2.43. The number of benzene rings is 1. The van der Waals surface area contributed by atoms with Crippen LogP contribution in [0.1, 0.15) is 0 Å². The van der Waals surface area contributed by atoms with Crippen LogP contribution in [0.2, 0.25) is 0 Å². The molecule has 0 unspecified atom stereocenters. The van der Waals surface area contributed by atoms with Gasteiger partial charge in [0.25, 0.3) is 5.69 Å². The van der Waals surface area contributed by atoms with E-state index in [1.165, 1.54) is 24.3 Å². The molecule has 4 rings (SSSR count). The van der Waals surface area contributed by atoms with Crippen LogP contribution in [0.5, 0.6) is 0 Å². The molecular formula is C15H12N2O6. The molecule has 1 aromatic carbocycles. The summed E-state index contributed by atoms with van der Waals surface area (Å²) in [5.41, 5.74) is -0.977. The zero-order valence-electron chi connectivity index (χ0n) is 11.8. The highest BCUT2D eigenvalue weighted by molar-refractivity contribution is 6.23. The maximum atomic E-state index is 12.7. The monoisotopic (exact) mass is 316 g/mol. The minimum Gasteiger partial charge on any atom is -0.393 e. The maximum Gasteiger partial charge on any atom is 0.269 e. The van der Waals surface area contributed by atoms with Gasteiger partial charge in [-0.3, -0.25) is 19.7 Å². The molecule has 2 amide bonds. The number of rotatable bonds is 3. The van der Waals surface area contributed by atoms with Crippen molar-refractivity contribution in [3.8, 4) is 0 Å². The summed E-state index contributed by atoms with van der Waals surface area (Å²) in [6, 6.07) is 5.23. The van der Waals surface area contributed by atoms with Crippen LogP contribution >= 0.6 is 0 Å². The average Bonchev–Trinajstić information content (AvgIpc) is 3.19. The van der Waals surface area contributed by atoms with E-state index in [1.54, 1.807) is 12.2 Å². The summed E-state index contributed by atoms with van der Waals surface area (Å²) in [4.78, 5) is 36.5. The molecule has 0 aromatic heterocycles. The number of aliphatic hydroxyl groups is 1. The van der Waals surface area contributed by atoms with Gasteiger partial charge in [-0.05, 0) is 12.1 Å². The fourth-order valence-corrected chi connectivity index (χ4v) is 3.66. The summed E-state index contributed by atoms with van der Waals surface area (Å²) >= 11 is 0. The van der Waals surface area contributed by atoms with Crippen molar-refractivity contribution in [1.82, 2.24) is 0 Å².